The van der Waals surface area contributed by atoms with Gasteiger partial charge in [-0.1, -0.05) is 30.3 Å². The van der Waals surface area contributed by atoms with Crippen molar-refractivity contribution in [2.45, 2.75) is 12.1 Å². The maximum atomic E-state index is 12.7. The molecule has 0 heterocycles. The maximum Gasteiger partial charge on any atom is 0.416 e. The van der Waals surface area contributed by atoms with Crippen LogP contribution in [0.15, 0.2) is 36.4 Å². The molecule has 0 spiro atoms. The SMILES string of the molecule is FC(F)(F)c1ccc2ccccc2c1CCl. The minimum absolute atomic E-state index is 0.143. The summed E-state index contributed by atoms with van der Waals surface area (Å²) in [4.78, 5) is 0. The van der Waals surface area contributed by atoms with Gasteiger partial charge in [0.05, 0.1) is 5.56 Å². The lowest BCUT2D eigenvalue weighted by Crippen LogP contribution is -2.08. The lowest BCUT2D eigenvalue weighted by atomic mass is 10.00. The zero-order chi connectivity index (χ0) is 11.8. The summed E-state index contributed by atoms with van der Waals surface area (Å²) in [5.41, 5.74) is -0.506. The lowest BCUT2D eigenvalue weighted by molar-refractivity contribution is -0.138. The molecule has 0 atom stereocenters. The van der Waals surface area contributed by atoms with E-state index in [1.54, 1.807) is 24.3 Å². The van der Waals surface area contributed by atoms with Crippen molar-refractivity contribution in [3.63, 3.8) is 0 Å². The van der Waals surface area contributed by atoms with Gasteiger partial charge in [0.25, 0.3) is 0 Å². The third kappa shape index (κ3) is 1.87. The number of hydrogen-bond acceptors (Lipinski definition) is 0. The summed E-state index contributed by atoms with van der Waals surface area (Å²) in [5, 5.41) is 1.33. The second-order valence-electron chi connectivity index (χ2n) is 3.44. The van der Waals surface area contributed by atoms with Gasteiger partial charge in [0.2, 0.25) is 0 Å². The van der Waals surface area contributed by atoms with Crippen LogP contribution in [0.5, 0.6) is 0 Å². The standard InChI is InChI=1S/C12H8ClF3/c13-7-10-9-4-2-1-3-8(9)5-6-11(10)12(14,15)16/h1-6H,7H2. The minimum atomic E-state index is -4.35. The summed E-state index contributed by atoms with van der Waals surface area (Å²) in [7, 11) is 0. The highest BCUT2D eigenvalue weighted by molar-refractivity contribution is 6.18. The first-order valence-corrected chi connectivity index (χ1v) is 5.21. The third-order valence-corrected chi connectivity index (χ3v) is 2.75. The van der Waals surface area contributed by atoms with Crippen LogP contribution in [0.2, 0.25) is 0 Å². The molecule has 0 saturated heterocycles. The fraction of sp³-hybridized carbons (Fsp3) is 0.167. The van der Waals surface area contributed by atoms with Crippen molar-refractivity contribution in [3.8, 4) is 0 Å². The molecule has 0 bridgehead atoms. The Kier molecular flexibility index (Phi) is 2.80. The van der Waals surface area contributed by atoms with Crippen LogP contribution in [0.25, 0.3) is 10.8 Å². The van der Waals surface area contributed by atoms with E-state index in [-0.39, 0.29) is 11.4 Å². The Hall–Kier alpha value is -1.22. The number of alkyl halides is 4. The van der Waals surface area contributed by atoms with Crippen LogP contribution in [0.3, 0.4) is 0 Å². The van der Waals surface area contributed by atoms with Crippen molar-refractivity contribution in [1.29, 1.82) is 0 Å². The fourth-order valence-electron chi connectivity index (χ4n) is 1.75. The molecular weight excluding hydrogens is 237 g/mol. The van der Waals surface area contributed by atoms with E-state index >= 15 is 0 Å². The first-order valence-electron chi connectivity index (χ1n) is 4.68. The van der Waals surface area contributed by atoms with Gasteiger partial charge in [-0.2, -0.15) is 13.2 Å². The van der Waals surface area contributed by atoms with Gasteiger partial charge in [-0.3, -0.25) is 0 Å². The molecule has 4 heteroatoms. The molecule has 84 valence electrons. The molecule has 2 aromatic rings. The normalized spacial score (nSPS) is 12.0. The average molecular weight is 245 g/mol. The number of halogens is 4. The van der Waals surface area contributed by atoms with Gasteiger partial charge in [-0.15, -0.1) is 11.6 Å². The molecule has 2 rings (SSSR count). The second-order valence-corrected chi connectivity index (χ2v) is 3.71. The van der Waals surface area contributed by atoms with E-state index < -0.39 is 11.7 Å². The highest BCUT2D eigenvalue weighted by atomic mass is 35.5. The predicted octanol–water partition coefficient (Wildman–Crippen LogP) is 4.60. The van der Waals surface area contributed by atoms with E-state index in [4.69, 9.17) is 11.6 Å². The molecule has 16 heavy (non-hydrogen) atoms. The minimum Gasteiger partial charge on any atom is -0.166 e. The van der Waals surface area contributed by atoms with Crippen LogP contribution in [-0.2, 0) is 12.1 Å². The smallest absolute Gasteiger partial charge is 0.166 e. The molecule has 0 N–H and O–H groups in total. The Balaban J connectivity index is 2.78. The van der Waals surface area contributed by atoms with E-state index in [0.717, 1.165) is 11.5 Å². The highest BCUT2D eigenvalue weighted by Gasteiger charge is 2.33. The van der Waals surface area contributed by atoms with Crippen molar-refractivity contribution in [2.75, 3.05) is 0 Å². The zero-order valence-corrected chi connectivity index (χ0v) is 8.94. The summed E-state index contributed by atoms with van der Waals surface area (Å²) in [6.45, 7) is 0. The van der Waals surface area contributed by atoms with Crippen molar-refractivity contribution >= 4 is 22.4 Å². The average Bonchev–Trinajstić information content (AvgIpc) is 2.26. The molecule has 0 unspecified atom stereocenters. The number of hydrogen-bond donors (Lipinski definition) is 0. The Labute approximate surface area is 95.6 Å². The largest absolute Gasteiger partial charge is 0.416 e. The van der Waals surface area contributed by atoms with Crippen LogP contribution in [0.4, 0.5) is 13.2 Å². The number of benzene rings is 2. The summed E-state index contributed by atoms with van der Waals surface area (Å²) < 4.78 is 38.1. The monoisotopic (exact) mass is 244 g/mol. The van der Waals surface area contributed by atoms with Crippen LogP contribution >= 0.6 is 11.6 Å². The Bertz CT molecular complexity index is 517. The number of rotatable bonds is 1. The topological polar surface area (TPSA) is 0 Å². The van der Waals surface area contributed by atoms with Crippen molar-refractivity contribution in [1.82, 2.24) is 0 Å². The summed E-state index contributed by atoms with van der Waals surface area (Å²) >= 11 is 5.62. The first-order chi connectivity index (χ1) is 7.54. The lowest BCUT2D eigenvalue weighted by Gasteiger charge is -2.13. The van der Waals surface area contributed by atoms with Crippen molar-refractivity contribution in [2.24, 2.45) is 0 Å². The third-order valence-electron chi connectivity index (χ3n) is 2.48. The molecule has 0 fully saturated rings. The molecule has 2 aromatic carbocycles. The summed E-state index contributed by atoms with van der Waals surface area (Å²) in [6, 6.07) is 9.47. The molecule has 0 aromatic heterocycles. The van der Waals surface area contributed by atoms with E-state index in [2.05, 4.69) is 0 Å². The van der Waals surface area contributed by atoms with Crippen molar-refractivity contribution in [3.05, 3.63) is 47.5 Å². The molecular formula is C12H8ClF3. The van der Waals surface area contributed by atoms with E-state index in [9.17, 15) is 13.2 Å². The van der Waals surface area contributed by atoms with Gasteiger partial charge in [-0.05, 0) is 22.4 Å². The Morgan fingerprint density at radius 1 is 1.00 bits per heavy atom. The number of fused-ring (bicyclic) bond motifs is 1. The van der Waals surface area contributed by atoms with Gasteiger partial charge in [0, 0.05) is 5.88 Å². The van der Waals surface area contributed by atoms with Crippen LogP contribution in [0.1, 0.15) is 11.1 Å². The Morgan fingerprint density at radius 3 is 2.31 bits per heavy atom. The van der Waals surface area contributed by atoms with Crippen LogP contribution in [-0.4, -0.2) is 0 Å². The molecule has 0 aliphatic heterocycles. The molecule has 0 amide bonds. The molecule has 0 aliphatic carbocycles. The summed E-state index contributed by atoms with van der Waals surface area (Å²) in [6.07, 6.45) is -4.35. The van der Waals surface area contributed by atoms with Crippen LogP contribution < -0.4 is 0 Å². The molecule has 0 radical (unpaired) electrons. The Morgan fingerprint density at radius 2 is 1.69 bits per heavy atom. The molecule has 0 nitrogen and oxygen atoms in total. The van der Waals surface area contributed by atoms with Crippen molar-refractivity contribution < 1.29 is 13.2 Å². The maximum absolute atomic E-state index is 12.7. The van der Waals surface area contributed by atoms with E-state index in [1.807, 2.05) is 0 Å². The van der Waals surface area contributed by atoms with Gasteiger partial charge in [-0.25, -0.2) is 0 Å². The van der Waals surface area contributed by atoms with Gasteiger partial charge < -0.3 is 0 Å². The van der Waals surface area contributed by atoms with Crippen LogP contribution in [0, 0.1) is 0 Å². The second kappa shape index (κ2) is 3.98. The van der Waals surface area contributed by atoms with Gasteiger partial charge in [0.1, 0.15) is 0 Å². The molecule has 0 aliphatic rings. The highest BCUT2D eigenvalue weighted by Crippen LogP contribution is 2.36. The predicted molar refractivity (Wildman–Crippen MR) is 58.5 cm³/mol. The summed E-state index contributed by atoms with van der Waals surface area (Å²) in [5.74, 6) is -0.143. The first kappa shape index (κ1) is 11.3. The molecule has 0 saturated carbocycles. The van der Waals surface area contributed by atoms with Gasteiger partial charge >= 0.3 is 6.18 Å². The zero-order valence-electron chi connectivity index (χ0n) is 8.18. The van der Waals surface area contributed by atoms with E-state index in [1.165, 1.54) is 6.07 Å². The quantitative estimate of drug-likeness (QED) is 0.643. The van der Waals surface area contributed by atoms with E-state index in [0.29, 0.717) is 5.39 Å². The fourth-order valence-corrected chi connectivity index (χ4v) is 2.03. The van der Waals surface area contributed by atoms with Gasteiger partial charge in [0.15, 0.2) is 0 Å².